The molecule has 1 fully saturated rings. The molecule has 0 N–H and O–H groups in total. The normalized spacial score (nSPS) is 15.2. The highest BCUT2D eigenvalue weighted by Crippen LogP contribution is 2.32. The van der Waals surface area contributed by atoms with Gasteiger partial charge in [0, 0.05) is 6.42 Å². The molecular weight excluding hydrogens is 188 g/mol. The molecule has 1 saturated carbocycles. The number of ether oxygens (including phenoxy) is 1. The van der Waals surface area contributed by atoms with Crippen molar-refractivity contribution in [2.24, 2.45) is 5.92 Å². The first kappa shape index (κ1) is 10.4. The first-order valence-electron chi connectivity index (χ1n) is 5.48. The minimum Gasteiger partial charge on any atom is -0.369 e. The molecule has 1 aliphatic rings. The molecule has 0 aliphatic heterocycles. The number of carbonyl (C=O) groups is 1. The minimum absolute atomic E-state index is 0.244. The van der Waals surface area contributed by atoms with Crippen molar-refractivity contribution in [3.05, 3.63) is 35.9 Å². The zero-order valence-corrected chi connectivity index (χ0v) is 8.82. The Kier molecular flexibility index (Phi) is 3.51. The summed E-state index contributed by atoms with van der Waals surface area (Å²) in [6.45, 7) is 0.808. The highest BCUT2D eigenvalue weighted by atomic mass is 16.5. The van der Waals surface area contributed by atoms with Crippen LogP contribution in [0.15, 0.2) is 30.3 Å². The molecule has 2 rings (SSSR count). The second-order valence-electron chi connectivity index (χ2n) is 4.16. The highest BCUT2D eigenvalue weighted by Gasteiger charge is 2.23. The van der Waals surface area contributed by atoms with Crippen LogP contribution >= 0.6 is 0 Å². The molecule has 0 amide bonds. The summed E-state index contributed by atoms with van der Waals surface area (Å²) in [5, 5.41) is 0. The molecule has 0 radical (unpaired) electrons. The molecule has 2 heteroatoms. The number of hydrogen-bond donors (Lipinski definition) is 0. The van der Waals surface area contributed by atoms with Crippen LogP contribution in [0.3, 0.4) is 0 Å². The third-order valence-corrected chi connectivity index (χ3v) is 2.59. The van der Waals surface area contributed by atoms with Crippen molar-refractivity contribution in [1.29, 1.82) is 0 Å². The first-order chi connectivity index (χ1) is 7.34. The summed E-state index contributed by atoms with van der Waals surface area (Å²) >= 11 is 0. The van der Waals surface area contributed by atoms with E-state index in [1.54, 1.807) is 0 Å². The number of hydrogen-bond acceptors (Lipinski definition) is 2. The third kappa shape index (κ3) is 3.84. The number of benzene rings is 1. The van der Waals surface area contributed by atoms with Crippen LogP contribution in [0.1, 0.15) is 24.8 Å². The van der Waals surface area contributed by atoms with E-state index in [0.717, 1.165) is 12.0 Å². The van der Waals surface area contributed by atoms with Crippen molar-refractivity contribution in [1.82, 2.24) is 0 Å². The van der Waals surface area contributed by atoms with E-state index in [-0.39, 0.29) is 12.4 Å². The fraction of sp³-hybridized carbons (Fsp3) is 0.462. The van der Waals surface area contributed by atoms with Crippen LogP contribution in [-0.2, 0) is 16.1 Å². The molecule has 1 aromatic carbocycles. The van der Waals surface area contributed by atoms with Crippen LogP contribution in [0.5, 0.6) is 0 Å². The maximum atomic E-state index is 11.4. The maximum absolute atomic E-state index is 11.4. The zero-order valence-electron chi connectivity index (χ0n) is 8.82. The molecule has 15 heavy (non-hydrogen) atoms. The largest absolute Gasteiger partial charge is 0.369 e. The second kappa shape index (κ2) is 5.08. The Morgan fingerprint density at radius 2 is 2.00 bits per heavy atom. The van der Waals surface area contributed by atoms with Gasteiger partial charge in [-0.05, 0) is 24.3 Å². The number of rotatable bonds is 6. The Bertz CT molecular complexity index is 315. The van der Waals surface area contributed by atoms with Gasteiger partial charge in [0.05, 0.1) is 6.61 Å². The number of ketones is 1. The summed E-state index contributed by atoms with van der Waals surface area (Å²) in [5.41, 5.74) is 1.12. The maximum Gasteiger partial charge on any atom is 0.158 e. The summed E-state index contributed by atoms with van der Waals surface area (Å²) in [7, 11) is 0. The minimum atomic E-state index is 0.244. The van der Waals surface area contributed by atoms with Crippen LogP contribution in [0.25, 0.3) is 0 Å². The first-order valence-corrected chi connectivity index (χ1v) is 5.48. The van der Waals surface area contributed by atoms with Gasteiger partial charge >= 0.3 is 0 Å². The summed E-state index contributed by atoms with van der Waals surface area (Å²) < 4.78 is 5.36. The van der Waals surface area contributed by atoms with Crippen LogP contribution < -0.4 is 0 Å². The Hall–Kier alpha value is -1.15. The smallest absolute Gasteiger partial charge is 0.158 e. The quantitative estimate of drug-likeness (QED) is 0.712. The summed E-state index contributed by atoms with van der Waals surface area (Å²) in [6, 6.07) is 9.94. The molecule has 1 aromatic rings. The van der Waals surface area contributed by atoms with Crippen molar-refractivity contribution in [2.75, 3.05) is 6.61 Å². The Morgan fingerprint density at radius 1 is 1.27 bits per heavy atom. The van der Waals surface area contributed by atoms with Crippen LogP contribution in [0.4, 0.5) is 0 Å². The van der Waals surface area contributed by atoms with Crippen molar-refractivity contribution in [3.8, 4) is 0 Å². The number of carbonyl (C=O) groups excluding carboxylic acids is 1. The molecule has 0 aromatic heterocycles. The lowest BCUT2D eigenvalue weighted by molar-refractivity contribution is -0.124. The molecule has 0 bridgehead atoms. The van der Waals surface area contributed by atoms with Gasteiger partial charge in [-0.3, -0.25) is 4.79 Å². The summed E-state index contributed by atoms with van der Waals surface area (Å²) in [4.78, 5) is 11.4. The van der Waals surface area contributed by atoms with Crippen LogP contribution in [0.2, 0.25) is 0 Å². The highest BCUT2D eigenvalue weighted by molar-refractivity contribution is 5.80. The molecule has 0 heterocycles. The average molecular weight is 204 g/mol. The molecule has 0 unspecified atom stereocenters. The van der Waals surface area contributed by atoms with E-state index in [9.17, 15) is 4.79 Å². The Labute approximate surface area is 90.3 Å². The van der Waals surface area contributed by atoms with E-state index in [4.69, 9.17) is 4.74 Å². The monoisotopic (exact) mass is 204 g/mol. The summed E-state index contributed by atoms with van der Waals surface area (Å²) in [5.74, 6) is 0.909. The topological polar surface area (TPSA) is 26.3 Å². The lowest BCUT2D eigenvalue weighted by atomic mass is 10.2. The fourth-order valence-corrected chi connectivity index (χ4v) is 1.56. The van der Waals surface area contributed by atoms with Crippen LogP contribution in [0, 0.1) is 5.92 Å². The molecule has 80 valence electrons. The molecule has 1 aliphatic carbocycles. The van der Waals surface area contributed by atoms with Gasteiger partial charge in [0.25, 0.3) is 0 Å². The van der Waals surface area contributed by atoms with Gasteiger partial charge < -0.3 is 4.74 Å². The molecule has 0 saturated heterocycles. The lowest BCUT2D eigenvalue weighted by Crippen LogP contribution is -2.09. The van der Waals surface area contributed by atoms with Gasteiger partial charge in [0.2, 0.25) is 0 Å². The van der Waals surface area contributed by atoms with E-state index >= 15 is 0 Å². The van der Waals surface area contributed by atoms with E-state index < -0.39 is 0 Å². The average Bonchev–Trinajstić information content (AvgIpc) is 3.03. The number of Topliss-reactive ketones (excluding diaryl/α,β-unsaturated/α-hetero) is 1. The fourth-order valence-electron chi connectivity index (χ4n) is 1.56. The summed E-state index contributed by atoms with van der Waals surface area (Å²) in [6.07, 6.45) is 3.17. The predicted molar refractivity (Wildman–Crippen MR) is 58.4 cm³/mol. The van der Waals surface area contributed by atoms with E-state index in [0.29, 0.717) is 12.5 Å². The molecule has 0 spiro atoms. The Balaban J connectivity index is 1.63. The zero-order chi connectivity index (χ0) is 10.5. The van der Waals surface area contributed by atoms with Gasteiger partial charge in [-0.2, -0.15) is 0 Å². The van der Waals surface area contributed by atoms with Crippen LogP contribution in [-0.4, -0.2) is 12.4 Å². The van der Waals surface area contributed by atoms with Gasteiger partial charge in [-0.1, -0.05) is 30.3 Å². The molecule has 0 atom stereocenters. The van der Waals surface area contributed by atoms with E-state index in [1.807, 2.05) is 30.3 Å². The standard InChI is InChI=1S/C13H16O2/c14-13(8-11-6-7-11)10-15-9-12-4-2-1-3-5-12/h1-5,11H,6-10H2. The molecule has 2 nitrogen and oxygen atoms in total. The van der Waals surface area contributed by atoms with Gasteiger partial charge in [-0.25, -0.2) is 0 Å². The van der Waals surface area contributed by atoms with Crippen molar-refractivity contribution in [3.63, 3.8) is 0 Å². The van der Waals surface area contributed by atoms with Gasteiger partial charge in [0.15, 0.2) is 5.78 Å². The van der Waals surface area contributed by atoms with Crippen molar-refractivity contribution in [2.45, 2.75) is 25.9 Å². The van der Waals surface area contributed by atoms with Crippen molar-refractivity contribution < 1.29 is 9.53 Å². The van der Waals surface area contributed by atoms with Crippen molar-refractivity contribution >= 4 is 5.78 Å². The molecular formula is C13H16O2. The SMILES string of the molecule is O=C(COCc1ccccc1)CC1CC1. The van der Waals surface area contributed by atoms with Gasteiger partial charge in [0.1, 0.15) is 6.61 Å². The Morgan fingerprint density at radius 3 is 2.67 bits per heavy atom. The lowest BCUT2D eigenvalue weighted by Gasteiger charge is -2.03. The second-order valence-corrected chi connectivity index (χ2v) is 4.16. The van der Waals surface area contributed by atoms with Gasteiger partial charge in [-0.15, -0.1) is 0 Å². The van der Waals surface area contributed by atoms with E-state index in [1.165, 1.54) is 12.8 Å². The predicted octanol–water partition coefficient (Wildman–Crippen LogP) is 2.57. The third-order valence-electron chi connectivity index (χ3n) is 2.59. The van der Waals surface area contributed by atoms with E-state index in [2.05, 4.69) is 0 Å².